The van der Waals surface area contributed by atoms with Crippen LogP contribution in [0.15, 0.2) is 9.52 Å². The van der Waals surface area contributed by atoms with Crippen LogP contribution in [0.4, 0.5) is 0 Å². The zero-order valence-corrected chi connectivity index (χ0v) is 16.1. The lowest BCUT2D eigenvalue weighted by molar-refractivity contribution is 0.270. The van der Waals surface area contributed by atoms with Crippen molar-refractivity contribution in [2.45, 2.75) is 52.5 Å². The maximum absolute atomic E-state index is 5.06. The molecule has 2 atom stereocenters. The summed E-state index contributed by atoms with van der Waals surface area (Å²) in [6.07, 6.45) is 6.74. The van der Waals surface area contributed by atoms with Crippen LogP contribution >= 0.6 is 24.0 Å². The van der Waals surface area contributed by atoms with Crippen molar-refractivity contribution in [3.8, 4) is 0 Å². The van der Waals surface area contributed by atoms with Crippen LogP contribution in [0.2, 0.25) is 0 Å². The Balaban J connectivity index is 0.00000242. The summed E-state index contributed by atoms with van der Waals surface area (Å²) in [5, 5.41) is 10.3. The second-order valence-electron chi connectivity index (χ2n) is 6.01. The molecule has 1 saturated carbocycles. The first-order valence-electron chi connectivity index (χ1n) is 7.91. The van der Waals surface area contributed by atoms with E-state index in [2.05, 4.69) is 32.7 Å². The lowest BCUT2D eigenvalue weighted by atomic mass is 9.81. The predicted molar refractivity (Wildman–Crippen MR) is 98.4 cm³/mol. The van der Waals surface area contributed by atoms with Crippen LogP contribution in [0.3, 0.4) is 0 Å². The van der Waals surface area contributed by atoms with Gasteiger partial charge < -0.3 is 15.2 Å². The minimum Gasteiger partial charge on any atom is -0.356 e. The van der Waals surface area contributed by atoms with Gasteiger partial charge in [-0.15, -0.1) is 24.0 Å². The summed E-state index contributed by atoms with van der Waals surface area (Å²) >= 11 is 0. The molecule has 0 aromatic carbocycles. The topological polar surface area (TPSA) is 75.3 Å². The van der Waals surface area contributed by atoms with Crippen LogP contribution < -0.4 is 10.6 Å². The maximum Gasteiger partial charge on any atom is 0.246 e. The predicted octanol–water partition coefficient (Wildman–Crippen LogP) is 2.88. The van der Waals surface area contributed by atoms with Gasteiger partial charge in [-0.1, -0.05) is 31.3 Å². The van der Waals surface area contributed by atoms with E-state index in [4.69, 9.17) is 4.52 Å². The highest BCUT2D eigenvalue weighted by atomic mass is 127. The summed E-state index contributed by atoms with van der Waals surface area (Å²) in [6, 6.07) is 0. The fourth-order valence-electron chi connectivity index (χ4n) is 3.01. The first-order chi connectivity index (χ1) is 10.2. The smallest absolute Gasteiger partial charge is 0.246 e. The Morgan fingerprint density at radius 1 is 1.36 bits per heavy atom. The molecule has 0 amide bonds. The van der Waals surface area contributed by atoms with E-state index in [1.54, 1.807) is 7.05 Å². The fraction of sp³-hybridized carbons (Fsp3) is 0.800. The molecular formula is C15H28IN5O. The van der Waals surface area contributed by atoms with Gasteiger partial charge in [-0.2, -0.15) is 4.98 Å². The van der Waals surface area contributed by atoms with E-state index in [-0.39, 0.29) is 24.0 Å². The highest BCUT2D eigenvalue weighted by Crippen LogP contribution is 2.30. The van der Waals surface area contributed by atoms with Crippen molar-refractivity contribution in [2.24, 2.45) is 16.8 Å². The zero-order valence-electron chi connectivity index (χ0n) is 13.8. The van der Waals surface area contributed by atoms with Crippen molar-refractivity contribution in [1.29, 1.82) is 0 Å². The van der Waals surface area contributed by atoms with Crippen LogP contribution in [0.1, 0.15) is 50.7 Å². The molecule has 0 aliphatic heterocycles. The molecule has 1 fully saturated rings. The molecule has 0 spiro atoms. The van der Waals surface area contributed by atoms with Gasteiger partial charge >= 0.3 is 0 Å². The van der Waals surface area contributed by atoms with E-state index in [1.807, 2.05) is 6.92 Å². The van der Waals surface area contributed by atoms with E-state index in [9.17, 15) is 0 Å². The molecule has 1 aromatic heterocycles. The van der Waals surface area contributed by atoms with Crippen LogP contribution in [0, 0.1) is 18.8 Å². The zero-order chi connectivity index (χ0) is 15.1. The van der Waals surface area contributed by atoms with Crippen LogP contribution in [0.25, 0.3) is 0 Å². The lowest BCUT2D eigenvalue weighted by Crippen LogP contribution is -2.38. The Bertz CT molecular complexity index is 463. The van der Waals surface area contributed by atoms with Crippen molar-refractivity contribution in [3.63, 3.8) is 0 Å². The quantitative estimate of drug-likeness (QED) is 0.435. The number of guanidine groups is 1. The highest BCUT2D eigenvalue weighted by Gasteiger charge is 2.18. The molecule has 1 heterocycles. The molecule has 1 aliphatic rings. The molecule has 7 heteroatoms. The Morgan fingerprint density at radius 3 is 2.82 bits per heavy atom. The largest absolute Gasteiger partial charge is 0.356 e. The third kappa shape index (κ3) is 6.50. The van der Waals surface area contributed by atoms with E-state index in [0.717, 1.165) is 24.3 Å². The van der Waals surface area contributed by atoms with E-state index in [0.29, 0.717) is 18.3 Å². The second-order valence-corrected chi connectivity index (χ2v) is 6.01. The van der Waals surface area contributed by atoms with Gasteiger partial charge in [0.05, 0.1) is 6.54 Å². The fourth-order valence-corrected chi connectivity index (χ4v) is 3.01. The first-order valence-corrected chi connectivity index (χ1v) is 7.91. The number of rotatable bonds is 5. The van der Waals surface area contributed by atoms with E-state index < -0.39 is 0 Å². The monoisotopic (exact) mass is 421 g/mol. The number of aryl methyl sites for hydroxylation is 1. The average Bonchev–Trinajstić information content (AvgIpc) is 2.88. The first kappa shape index (κ1) is 19.2. The van der Waals surface area contributed by atoms with Crippen molar-refractivity contribution in [1.82, 2.24) is 20.8 Å². The summed E-state index contributed by atoms with van der Waals surface area (Å²) in [6.45, 7) is 5.64. The lowest BCUT2D eigenvalue weighted by Gasteiger charge is -2.26. The van der Waals surface area contributed by atoms with Crippen LogP contribution in [0.5, 0.6) is 0 Å². The second kappa shape index (κ2) is 10.0. The third-order valence-corrected chi connectivity index (χ3v) is 4.09. The average molecular weight is 421 g/mol. The van der Waals surface area contributed by atoms with Gasteiger partial charge in [0, 0.05) is 13.6 Å². The molecule has 22 heavy (non-hydrogen) atoms. The van der Waals surface area contributed by atoms with Crippen LogP contribution in [-0.4, -0.2) is 29.7 Å². The number of aliphatic imine (C=N–C) groups is 1. The molecule has 1 aromatic rings. The summed E-state index contributed by atoms with van der Waals surface area (Å²) in [5.41, 5.74) is 0. The normalized spacial score (nSPS) is 22.0. The van der Waals surface area contributed by atoms with Gasteiger partial charge in [0.15, 0.2) is 11.8 Å². The van der Waals surface area contributed by atoms with Crippen molar-refractivity contribution in [3.05, 3.63) is 11.7 Å². The molecule has 1 aliphatic carbocycles. The molecule has 126 valence electrons. The number of aromatic nitrogens is 2. The SMILES string of the molecule is CN=C(NCCC1CCCC(C)C1)NCc1nc(C)no1.I. The van der Waals surface area contributed by atoms with Gasteiger partial charge in [0.1, 0.15) is 0 Å². The molecule has 0 saturated heterocycles. The van der Waals surface area contributed by atoms with Gasteiger partial charge in [-0.25, -0.2) is 0 Å². The number of hydrogen-bond acceptors (Lipinski definition) is 4. The highest BCUT2D eigenvalue weighted by molar-refractivity contribution is 14.0. The van der Waals surface area contributed by atoms with Crippen LogP contribution in [-0.2, 0) is 6.54 Å². The molecule has 2 rings (SSSR count). The molecular weight excluding hydrogens is 393 g/mol. The van der Waals surface area contributed by atoms with Gasteiger partial charge in [-0.3, -0.25) is 4.99 Å². The van der Waals surface area contributed by atoms with Gasteiger partial charge in [-0.05, 0) is 31.6 Å². The number of nitrogens with zero attached hydrogens (tertiary/aromatic N) is 3. The molecule has 0 radical (unpaired) electrons. The van der Waals surface area contributed by atoms with Gasteiger partial charge in [0.2, 0.25) is 5.89 Å². The number of halogens is 1. The Hall–Kier alpha value is -0.860. The molecule has 6 nitrogen and oxygen atoms in total. The summed E-state index contributed by atoms with van der Waals surface area (Å²) in [4.78, 5) is 8.37. The van der Waals surface area contributed by atoms with E-state index in [1.165, 1.54) is 32.1 Å². The summed E-state index contributed by atoms with van der Waals surface area (Å²) < 4.78 is 5.06. The van der Waals surface area contributed by atoms with Gasteiger partial charge in [0.25, 0.3) is 0 Å². The Morgan fingerprint density at radius 2 is 2.18 bits per heavy atom. The minimum absolute atomic E-state index is 0. The standard InChI is InChI=1S/C15H27N5O.HI/c1-11-5-4-6-13(9-11)7-8-17-15(16-3)18-10-14-19-12(2)20-21-14;/h11,13H,4-10H2,1-3H3,(H2,16,17,18);1H. The molecule has 2 unspecified atom stereocenters. The summed E-state index contributed by atoms with van der Waals surface area (Å²) in [7, 11) is 1.77. The molecule has 2 N–H and O–H groups in total. The Labute approximate surface area is 149 Å². The van der Waals surface area contributed by atoms with Crippen molar-refractivity contribution >= 4 is 29.9 Å². The Kier molecular flexibility index (Phi) is 8.74. The minimum atomic E-state index is 0. The van der Waals surface area contributed by atoms with Crippen molar-refractivity contribution in [2.75, 3.05) is 13.6 Å². The summed E-state index contributed by atoms with van der Waals surface area (Å²) in [5.74, 6) is 3.77. The third-order valence-electron chi connectivity index (χ3n) is 4.09. The van der Waals surface area contributed by atoms with Crippen molar-refractivity contribution < 1.29 is 4.52 Å². The number of nitrogens with one attached hydrogen (secondary N) is 2. The number of hydrogen-bond donors (Lipinski definition) is 2. The maximum atomic E-state index is 5.06. The molecule has 0 bridgehead atoms. The van der Waals surface area contributed by atoms with E-state index >= 15 is 0 Å².